The first-order valence-electron chi connectivity index (χ1n) is 6.39. The number of benzene rings is 1. The molecule has 1 aromatic rings. The van der Waals surface area contributed by atoms with Crippen LogP contribution in [0, 0.1) is 5.92 Å². The standard InChI is InChI=1S/C14H16ClNO4/c15-11-3-1-9(2-4-11)5-12(14(19)20)16-7-10(8-17)6-13(16)18/h1-4,10,12,17H,5-8H2,(H,19,20). The Kier molecular flexibility index (Phi) is 4.62. The monoisotopic (exact) mass is 297 g/mol. The molecule has 5 nitrogen and oxygen atoms in total. The minimum absolute atomic E-state index is 0.102. The molecule has 0 radical (unpaired) electrons. The van der Waals surface area contributed by atoms with Gasteiger partial charge in [0, 0.05) is 36.9 Å². The SMILES string of the molecule is O=C(O)C(Cc1ccc(Cl)cc1)N1CC(CO)CC1=O. The zero-order valence-electron chi connectivity index (χ0n) is 10.8. The number of carbonyl (C=O) groups excluding carboxylic acids is 1. The molecule has 0 bridgehead atoms. The molecule has 0 aromatic heterocycles. The van der Waals surface area contributed by atoms with Gasteiger partial charge in [0.05, 0.1) is 0 Å². The average molecular weight is 298 g/mol. The van der Waals surface area contributed by atoms with E-state index in [1.165, 1.54) is 4.90 Å². The molecule has 2 unspecified atom stereocenters. The second-order valence-corrected chi connectivity index (χ2v) is 5.42. The summed E-state index contributed by atoms with van der Waals surface area (Å²) in [5.41, 5.74) is 0.807. The maximum Gasteiger partial charge on any atom is 0.326 e. The Morgan fingerprint density at radius 2 is 2.05 bits per heavy atom. The van der Waals surface area contributed by atoms with Gasteiger partial charge in [-0.3, -0.25) is 4.79 Å². The van der Waals surface area contributed by atoms with Crippen molar-refractivity contribution in [1.82, 2.24) is 4.90 Å². The first kappa shape index (κ1) is 14.8. The lowest BCUT2D eigenvalue weighted by molar-refractivity contribution is -0.148. The molecule has 20 heavy (non-hydrogen) atoms. The first-order chi connectivity index (χ1) is 9.51. The molecule has 0 saturated carbocycles. The largest absolute Gasteiger partial charge is 0.480 e. The van der Waals surface area contributed by atoms with Crippen molar-refractivity contribution in [1.29, 1.82) is 0 Å². The molecule has 1 saturated heterocycles. The fourth-order valence-corrected chi connectivity index (χ4v) is 2.53. The van der Waals surface area contributed by atoms with E-state index < -0.39 is 12.0 Å². The molecule has 2 N–H and O–H groups in total. The van der Waals surface area contributed by atoms with E-state index in [1.54, 1.807) is 24.3 Å². The average Bonchev–Trinajstić information content (AvgIpc) is 2.79. The smallest absolute Gasteiger partial charge is 0.326 e. The maximum atomic E-state index is 11.9. The molecule has 108 valence electrons. The van der Waals surface area contributed by atoms with Gasteiger partial charge in [-0.2, -0.15) is 0 Å². The van der Waals surface area contributed by atoms with Crippen molar-refractivity contribution in [3.05, 3.63) is 34.9 Å². The number of likely N-dealkylation sites (tertiary alicyclic amines) is 1. The summed E-state index contributed by atoms with van der Waals surface area (Å²) in [6.07, 6.45) is 0.442. The number of hydrogen-bond donors (Lipinski definition) is 2. The number of aliphatic hydroxyl groups is 1. The number of halogens is 1. The number of nitrogens with zero attached hydrogens (tertiary/aromatic N) is 1. The zero-order valence-corrected chi connectivity index (χ0v) is 11.6. The summed E-state index contributed by atoms with van der Waals surface area (Å²) >= 11 is 5.79. The fraction of sp³-hybridized carbons (Fsp3) is 0.429. The molecule has 0 spiro atoms. The number of aliphatic carboxylic acids is 1. The van der Waals surface area contributed by atoms with Gasteiger partial charge in [0.1, 0.15) is 6.04 Å². The third-order valence-electron chi connectivity index (χ3n) is 3.50. The summed E-state index contributed by atoms with van der Waals surface area (Å²) in [6.45, 7) is 0.190. The van der Waals surface area contributed by atoms with E-state index in [2.05, 4.69) is 0 Å². The number of carboxylic acids is 1. The fourth-order valence-electron chi connectivity index (χ4n) is 2.41. The highest BCUT2D eigenvalue weighted by atomic mass is 35.5. The minimum atomic E-state index is -1.04. The van der Waals surface area contributed by atoms with Crippen molar-refractivity contribution < 1.29 is 19.8 Å². The Balaban J connectivity index is 2.13. The van der Waals surface area contributed by atoms with Crippen LogP contribution in [0.15, 0.2) is 24.3 Å². The highest BCUT2D eigenvalue weighted by Crippen LogP contribution is 2.22. The molecular weight excluding hydrogens is 282 g/mol. The molecule has 1 aliphatic rings. The van der Waals surface area contributed by atoms with Crippen LogP contribution in [0.5, 0.6) is 0 Å². The molecule has 1 heterocycles. The molecule has 2 rings (SSSR count). The van der Waals surface area contributed by atoms with Crippen molar-refractivity contribution >= 4 is 23.5 Å². The lowest BCUT2D eigenvalue weighted by atomic mass is 10.0. The summed E-state index contributed by atoms with van der Waals surface area (Å²) in [5, 5.41) is 19.0. The second kappa shape index (κ2) is 6.24. The number of carboxylic acid groups (broad SMARTS) is 1. The van der Waals surface area contributed by atoms with E-state index in [9.17, 15) is 14.7 Å². The van der Waals surface area contributed by atoms with Gasteiger partial charge in [-0.15, -0.1) is 0 Å². The van der Waals surface area contributed by atoms with Gasteiger partial charge in [0.15, 0.2) is 0 Å². The summed E-state index contributed by atoms with van der Waals surface area (Å²) < 4.78 is 0. The Labute approximate surface area is 121 Å². The minimum Gasteiger partial charge on any atom is -0.480 e. The van der Waals surface area contributed by atoms with Gasteiger partial charge in [-0.1, -0.05) is 23.7 Å². The number of aliphatic hydroxyl groups excluding tert-OH is 1. The van der Waals surface area contributed by atoms with E-state index in [-0.39, 0.29) is 31.3 Å². The number of hydrogen-bond acceptors (Lipinski definition) is 3. The molecule has 1 amide bonds. The molecule has 1 fully saturated rings. The van der Waals surface area contributed by atoms with E-state index in [4.69, 9.17) is 16.7 Å². The van der Waals surface area contributed by atoms with Gasteiger partial charge in [0.2, 0.25) is 5.91 Å². The van der Waals surface area contributed by atoms with Crippen molar-refractivity contribution in [2.24, 2.45) is 5.92 Å². The highest BCUT2D eigenvalue weighted by Gasteiger charge is 2.37. The van der Waals surface area contributed by atoms with Crippen molar-refractivity contribution in [2.45, 2.75) is 18.9 Å². The van der Waals surface area contributed by atoms with E-state index in [0.29, 0.717) is 11.6 Å². The van der Waals surface area contributed by atoms with Crippen LogP contribution in [0.2, 0.25) is 5.02 Å². The first-order valence-corrected chi connectivity index (χ1v) is 6.76. The lowest BCUT2D eigenvalue weighted by Gasteiger charge is -2.24. The topological polar surface area (TPSA) is 77.8 Å². The van der Waals surface area contributed by atoms with Crippen LogP contribution in [0.4, 0.5) is 0 Å². The molecule has 6 heteroatoms. The summed E-state index contributed by atoms with van der Waals surface area (Å²) in [6, 6.07) is 5.99. The highest BCUT2D eigenvalue weighted by molar-refractivity contribution is 6.30. The van der Waals surface area contributed by atoms with Crippen molar-refractivity contribution in [3.8, 4) is 0 Å². The van der Waals surface area contributed by atoms with Gasteiger partial charge in [-0.05, 0) is 17.7 Å². The molecule has 1 aliphatic heterocycles. The summed E-state index contributed by atoms with van der Waals surface area (Å²) in [4.78, 5) is 24.6. The number of rotatable bonds is 5. The quantitative estimate of drug-likeness (QED) is 0.855. The normalized spacial score (nSPS) is 20.2. The summed E-state index contributed by atoms with van der Waals surface area (Å²) in [7, 11) is 0. The summed E-state index contributed by atoms with van der Waals surface area (Å²) in [5.74, 6) is -1.42. The van der Waals surface area contributed by atoms with Crippen LogP contribution >= 0.6 is 11.6 Å². The van der Waals surface area contributed by atoms with E-state index >= 15 is 0 Å². The molecular formula is C14H16ClNO4. The van der Waals surface area contributed by atoms with Gasteiger partial charge in [-0.25, -0.2) is 4.79 Å². The third kappa shape index (κ3) is 3.29. The Hall–Kier alpha value is -1.59. The number of amides is 1. The molecule has 1 aromatic carbocycles. The van der Waals surface area contributed by atoms with Crippen LogP contribution < -0.4 is 0 Å². The third-order valence-corrected chi connectivity index (χ3v) is 3.75. The van der Waals surface area contributed by atoms with Crippen LogP contribution in [-0.4, -0.2) is 46.2 Å². The second-order valence-electron chi connectivity index (χ2n) is 4.98. The van der Waals surface area contributed by atoms with Crippen molar-refractivity contribution in [3.63, 3.8) is 0 Å². The van der Waals surface area contributed by atoms with E-state index in [1.807, 2.05) is 0 Å². The van der Waals surface area contributed by atoms with E-state index in [0.717, 1.165) is 5.56 Å². The Bertz CT molecular complexity index is 502. The number of carbonyl (C=O) groups is 2. The Morgan fingerprint density at radius 1 is 1.40 bits per heavy atom. The van der Waals surface area contributed by atoms with Crippen molar-refractivity contribution in [2.75, 3.05) is 13.2 Å². The predicted octanol–water partition coefficient (Wildman–Crippen LogP) is 1.18. The zero-order chi connectivity index (χ0) is 14.7. The Morgan fingerprint density at radius 3 is 2.55 bits per heavy atom. The maximum absolute atomic E-state index is 11.9. The molecule has 2 atom stereocenters. The van der Waals surface area contributed by atoms with Gasteiger partial charge >= 0.3 is 5.97 Å². The van der Waals surface area contributed by atoms with Gasteiger partial charge in [0.25, 0.3) is 0 Å². The van der Waals surface area contributed by atoms with Crippen LogP contribution in [-0.2, 0) is 16.0 Å². The molecule has 0 aliphatic carbocycles. The van der Waals surface area contributed by atoms with Gasteiger partial charge < -0.3 is 15.1 Å². The van der Waals surface area contributed by atoms with Crippen LogP contribution in [0.25, 0.3) is 0 Å². The van der Waals surface area contributed by atoms with Crippen LogP contribution in [0.3, 0.4) is 0 Å². The predicted molar refractivity (Wildman–Crippen MR) is 73.5 cm³/mol. The van der Waals surface area contributed by atoms with Crippen LogP contribution in [0.1, 0.15) is 12.0 Å². The lowest BCUT2D eigenvalue weighted by Crippen LogP contribution is -2.43.